The predicted molar refractivity (Wildman–Crippen MR) is 90.4 cm³/mol. The third-order valence-corrected chi connectivity index (χ3v) is 6.20. The van der Waals surface area contributed by atoms with E-state index in [1.54, 1.807) is 22.4 Å². The molecule has 2 aromatic heterocycles. The van der Waals surface area contributed by atoms with Gasteiger partial charge >= 0.3 is 0 Å². The number of thiazole rings is 1. The Bertz CT molecular complexity index is 624. The highest BCUT2D eigenvalue weighted by Crippen LogP contribution is 2.30. The summed E-state index contributed by atoms with van der Waals surface area (Å²) in [6.45, 7) is 0.617. The number of nitrogens with zero attached hydrogens (tertiary/aromatic N) is 2. The molecule has 2 heterocycles. The molecule has 22 heavy (non-hydrogen) atoms. The first-order valence-electron chi connectivity index (χ1n) is 7.58. The molecule has 118 valence electrons. The van der Waals surface area contributed by atoms with E-state index in [2.05, 4.69) is 4.98 Å². The summed E-state index contributed by atoms with van der Waals surface area (Å²) in [7, 11) is 1.81. The van der Waals surface area contributed by atoms with Crippen molar-refractivity contribution in [1.29, 1.82) is 0 Å². The van der Waals surface area contributed by atoms with Crippen LogP contribution >= 0.6 is 22.7 Å². The summed E-state index contributed by atoms with van der Waals surface area (Å²) < 4.78 is 0. The number of rotatable bonds is 4. The standard InChI is InChI=1S/C16H20N2O2S2/c1-18(10-11-5-2-3-6-12(11)19)16(20)14-9-17-15(22-14)13-7-4-8-21-13/h4,7-9,11-12,19H,2-3,5-6,10H2,1H3. The molecule has 2 aromatic rings. The Morgan fingerprint density at radius 3 is 3.00 bits per heavy atom. The summed E-state index contributed by atoms with van der Waals surface area (Å²) in [6.07, 6.45) is 5.49. The number of amides is 1. The van der Waals surface area contributed by atoms with Crippen LogP contribution in [0.3, 0.4) is 0 Å². The van der Waals surface area contributed by atoms with Crippen molar-refractivity contribution in [1.82, 2.24) is 9.88 Å². The molecular weight excluding hydrogens is 316 g/mol. The van der Waals surface area contributed by atoms with Crippen LogP contribution in [0, 0.1) is 5.92 Å². The van der Waals surface area contributed by atoms with Gasteiger partial charge in [-0.1, -0.05) is 18.9 Å². The number of thiophene rings is 1. The van der Waals surface area contributed by atoms with E-state index in [0.717, 1.165) is 35.6 Å². The number of hydrogen-bond donors (Lipinski definition) is 1. The molecule has 0 aromatic carbocycles. The summed E-state index contributed by atoms with van der Waals surface area (Å²) in [5.74, 6) is 0.200. The molecule has 1 aliphatic carbocycles. The SMILES string of the molecule is CN(CC1CCCCC1O)C(=O)c1cnc(-c2cccs2)s1. The van der Waals surface area contributed by atoms with Crippen LogP contribution in [0.15, 0.2) is 23.7 Å². The molecule has 4 nitrogen and oxygen atoms in total. The van der Waals surface area contributed by atoms with Crippen molar-refractivity contribution in [2.24, 2.45) is 5.92 Å². The molecule has 2 unspecified atom stereocenters. The first-order valence-corrected chi connectivity index (χ1v) is 9.28. The van der Waals surface area contributed by atoms with Crippen molar-refractivity contribution in [2.45, 2.75) is 31.8 Å². The van der Waals surface area contributed by atoms with Gasteiger partial charge in [0.05, 0.1) is 17.2 Å². The summed E-state index contributed by atoms with van der Waals surface area (Å²) >= 11 is 3.06. The zero-order chi connectivity index (χ0) is 15.5. The lowest BCUT2D eigenvalue weighted by Crippen LogP contribution is -2.37. The summed E-state index contributed by atoms with van der Waals surface area (Å²) in [4.78, 5) is 20.4. The highest BCUT2D eigenvalue weighted by Gasteiger charge is 2.26. The van der Waals surface area contributed by atoms with Gasteiger partial charge in [0.25, 0.3) is 5.91 Å². The van der Waals surface area contributed by atoms with Gasteiger partial charge < -0.3 is 10.0 Å². The van der Waals surface area contributed by atoms with Crippen molar-refractivity contribution >= 4 is 28.6 Å². The molecule has 2 atom stereocenters. The fourth-order valence-electron chi connectivity index (χ4n) is 2.91. The van der Waals surface area contributed by atoms with Crippen LogP contribution in [-0.4, -0.2) is 40.6 Å². The zero-order valence-corrected chi connectivity index (χ0v) is 14.2. The van der Waals surface area contributed by atoms with Crippen molar-refractivity contribution < 1.29 is 9.90 Å². The quantitative estimate of drug-likeness (QED) is 0.930. The fourth-order valence-corrected chi connectivity index (χ4v) is 4.63. The van der Waals surface area contributed by atoms with Gasteiger partial charge in [-0.05, 0) is 24.3 Å². The lowest BCUT2D eigenvalue weighted by Gasteiger charge is -2.31. The summed E-state index contributed by atoms with van der Waals surface area (Å²) in [6, 6.07) is 4.00. The minimum absolute atomic E-state index is 0.00178. The van der Waals surface area contributed by atoms with E-state index in [1.165, 1.54) is 11.3 Å². The van der Waals surface area contributed by atoms with Gasteiger partial charge in [-0.15, -0.1) is 22.7 Å². The van der Waals surface area contributed by atoms with Gasteiger partial charge in [0, 0.05) is 19.5 Å². The Kier molecular flexibility index (Phi) is 4.90. The van der Waals surface area contributed by atoms with Crippen molar-refractivity contribution in [3.05, 3.63) is 28.6 Å². The molecule has 1 amide bonds. The lowest BCUT2D eigenvalue weighted by molar-refractivity contribution is 0.0453. The smallest absolute Gasteiger partial charge is 0.265 e. The molecule has 0 bridgehead atoms. The second-order valence-corrected chi connectivity index (χ2v) is 7.78. The minimum atomic E-state index is -0.271. The van der Waals surface area contributed by atoms with Crippen LogP contribution in [0.25, 0.3) is 9.88 Å². The molecule has 0 aliphatic heterocycles. The highest BCUT2D eigenvalue weighted by molar-refractivity contribution is 7.21. The van der Waals surface area contributed by atoms with Gasteiger partial charge in [-0.25, -0.2) is 4.98 Å². The Hall–Kier alpha value is -1.24. The number of carbonyl (C=O) groups is 1. The molecule has 1 fully saturated rings. The largest absolute Gasteiger partial charge is 0.393 e. The third kappa shape index (κ3) is 3.39. The van der Waals surface area contributed by atoms with E-state index < -0.39 is 0 Å². The van der Waals surface area contributed by atoms with Gasteiger partial charge in [0.15, 0.2) is 0 Å². The van der Waals surface area contributed by atoms with Gasteiger partial charge in [-0.3, -0.25) is 4.79 Å². The maximum Gasteiger partial charge on any atom is 0.265 e. The highest BCUT2D eigenvalue weighted by atomic mass is 32.1. The molecule has 3 rings (SSSR count). The van der Waals surface area contributed by atoms with Crippen LogP contribution < -0.4 is 0 Å². The van der Waals surface area contributed by atoms with Crippen LogP contribution in [0.5, 0.6) is 0 Å². The monoisotopic (exact) mass is 336 g/mol. The maximum absolute atomic E-state index is 12.5. The maximum atomic E-state index is 12.5. The van der Waals surface area contributed by atoms with Crippen LogP contribution in [-0.2, 0) is 0 Å². The molecular formula is C16H20N2O2S2. The number of aromatic nitrogens is 1. The van der Waals surface area contributed by atoms with E-state index in [9.17, 15) is 9.90 Å². The van der Waals surface area contributed by atoms with Crippen molar-refractivity contribution in [3.8, 4) is 9.88 Å². The first kappa shape index (κ1) is 15.6. The van der Waals surface area contributed by atoms with E-state index in [-0.39, 0.29) is 17.9 Å². The number of aliphatic hydroxyl groups excluding tert-OH is 1. The molecule has 6 heteroatoms. The Labute approximate surface area is 138 Å². The van der Waals surface area contributed by atoms with E-state index >= 15 is 0 Å². The molecule has 1 aliphatic rings. The van der Waals surface area contributed by atoms with E-state index in [4.69, 9.17) is 0 Å². The van der Waals surface area contributed by atoms with Gasteiger partial charge in [-0.2, -0.15) is 0 Å². The fraction of sp³-hybridized carbons (Fsp3) is 0.500. The lowest BCUT2D eigenvalue weighted by atomic mass is 9.86. The van der Waals surface area contributed by atoms with Crippen LogP contribution in [0.2, 0.25) is 0 Å². The zero-order valence-electron chi connectivity index (χ0n) is 12.6. The topological polar surface area (TPSA) is 53.4 Å². The van der Waals surface area contributed by atoms with E-state index in [1.807, 2.05) is 24.6 Å². The third-order valence-electron chi connectivity index (χ3n) is 4.17. The molecule has 0 radical (unpaired) electrons. The van der Waals surface area contributed by atoms with Gasteiger partial charge in [0.2, 0.25) is 0 Å². The van der Waals surface area contributed by atoms with E-state index in [0.29, 0.717) is 11.4 Å². The van der Waals surface area contributed by atoms with Gasteiger partial charge in [0.1, 0.15) is 9.88 Å². The Morgan fingerprint density at radius 2 is 2.27 bits per heavy atom. The average molecular weight is 336 g/mol. The van der Waals surface area contributed by atoms with Crippen LogP contribution in [0.4, 0.5) is 0 Å². The molecule has 0 spiro atoms. The summed E-state index contributed by atoms with van der Waals surface area (Å²) in [5, 5.41) is 13.0. The second kappa shape index (κ2) is 6.89. The Morgan fingerprint density at radius 1 is 1.45 bits per heavy atom. The van der Waals surface area contributed by atoms with Crippen molar-refractivity contribution in [3.63, 3.8) is 0 Å². The molecule has 0 saturated heterocycles. The minimum Gasteiger partial charge on any atom is -0.393 e. The first-order chi connectivity index (χ1) is 10.6. The van der Waals surface area contributed by atoms with Crippen molar-refractivity contribution in [2.75, 3.05) is 13.6 Å². The molecule has 1 N–H and O–H groups in total. The number of hydrogen-bond acceptors (Lipinski definition) is 5. The normalized spacial score (nSPS) is 21.7. The predicted octanol–water partition coefficient (Wildman–Crippen LogP) is 3.49. The number of carbonyl (C=O) groups excluding carboxylic acids is 1. The molecule has 1 saturated carbocycles. The summed E-state index contributed by atoms with van der Waals surface area (Å²) in [5.41, 5.74) is 0. The Balaban J connectivity index is 1.65. The van der Waals surface area contributed by atoms with Crippen LogP contribution in [0.1, 0.15) is 35.4 Å². The number of aliphatic hydroxyl groups is 1. The second-order valence-electron chi connectivity index (χ2n) is 5.80. The average Bonchev–Trinajstić information content (AvgIpc) is 3.19.